The van der Waals surface area contributed by atoms with Crippen LogP contribution in [0.1, 0.15) is 38.3 Å². The molecular weight excluding hydrogens is 370 g/mol. The number of para-hydroxylation sites is 2. The van der Waals surface area contributed by atoms with Gasteiger partial charge in [0.25, 0.3) is 0 Å². The zero-order valence-corrected chi connectivity index (χ0v) is 16.5. The largest absolute Gasteiger partial charge is 0.494 e. The lowest BCUT2D eigenvalue weighted by atomic mass is 9.71. The number of aromatic nitrogens is 3. The number of nitrogens with two attached hydrogens (primary N) is 1. The van der Waals surface area contributed by atoms with Crippen molar-refractivity contribution in [1.82, 2.24) is 15.0 Å². The van der Waals surface area contributed by atoms with Crippen molar-refractivity contribution >= 4 is 5.78 Å². The highest BCUT2D eigenvalue weighted by molar-refractivity contribution is 5.99. The molecule has 0 radical (unpaired) electrons. The van der Waals surface area contributed by atoms with Crippen molar-refractivity contribution in [2.75, 3.05) is 7.11 Å². The van der Waals surface area contributed by atoms with Crippen LogP contribution in [0, 0.1) is 16.7 Å². The smallest absolute Gasteiger partial charge is 0.205 e. The van der Waals surface area contributed by atoms with Crippen LogP contribution in [0.3, 0.4) is 0 Å². The van der Waals surface area contributed by atoms with Gasteiger partial charge in [0.15, 0.2) is 5.78 Å². The summed E-state index contributed by atoms with van der Waals surface area (Å²) >= 11 is 0. The molecule has 8 heteroatoms. The Labute approximate surface area is 168 Å². The van der Waals surface area contributed by atoms with Crippen molar-refractivity contribution in [2.24, 2.45) is 11.1 Å². The van der Waals surface area contributed by atoms with Crippen LogP contribution in [-0.4, -0.2) is 27.9 Å². The number of rotatable bonds is 3. The summed E-state index contributed by atoms with van der Waals surface area (Å²) in [6.45, 7) is 4.01. The van der Waals surface area contributed by atoms with Crippen molar-refractivity contribution < 1.29 is 14.3 Å². The number of hydrogen-bond donors (Lipinski definition) is 1. The minimum Gasteiger partial charge on any atom is -0.494 e. The molecule has 2 N–H and O–H groups in total. The molecule has 4 rings (SSSR count). The highest BCUT2D eigenvalue weighted by Gasteiger charge is 2.44. The molecule has 8 nitrogen and oxygen atoms in total. The van der Waals surface area contributed by atoms with E-state index in [1.165, 1.54) is 0 Å². The Morgan fingerprint density at radius 2 is 2.10 bits per heavy atom. The van der Waals surface area contributed by atoms with E-state index in [2.05, 4.69) is 16.4 Å². The van der Waals surface area contributed by atoms with Gasteiger partial charge in [0.05, 0.1) is 24.9 Å². The maximum absolute atomic E-state index is 13.0. The summed E-state index contributed by atoms with van der Waals surface area (Å²) < 4.78 is 12.6. The van der Waals surface area contributed by atoms with Gasteiger partial charge in [0.1, 0.15) is 28.8 Å². The van der Waals surface area contributed by atoms with Gasteiger partial charge in [-0.3, -0.25) is 4.79 Å². The zero-order chi connectivity index (χ0) is 20.8. The van der Waals surface area contributed by atoms with E-state index in [0.717, 1.165) is 0 Å². The van der Waals surface area contributed by atoms with Gasteiger partial charge in [-0.1, -0.05) is 31.2 Å². The summed E-state index contributed by atoms with van der Waals surface area (Å²) in [5, 5.41) is 18.2. The number of nitriles is 1. The number of Topliss-reactive ketones (excluding diaryl/α,β-unsaturated/α-hetero) is 1. The number of allylic oxidation sites excluding steroid dienone is 3. The summed E-state index contributed by atoms with van der Waals surface area (Å²) in [7, 11) is 1.58. The van der Waals surface area contributed by atoms with E-state index in [9.17, 15) is 10.1 Å². The second kappa shape index (κ2) is 6.78. The number of hydrogen-bond acceptors (Lipinski definition) is 7. The number of methoxy groups -OCH3 is 1. The predicted molar refractivity (Wildman–Crippen MR) is 104 cm³/mol. The predicted octanol–water partition coefficient (Wildman–Crippen LogP) is 2.73. The Bertz CT molecular complexity index is 1100. The minimum atomic E-state index is -0.698. The summed E-state index contributed by atoms with van der Waals surface area (Å²) in [4.78, 5) is 13.0. The molecule has 1 aromatic heterocycles. The lowest BCUT2D eigenvalue weighted by Crippen LogP contribution is -2.33. The Hall–Kier alpha value is -3.60. The number of carbonyl (C=O) groups is 1. The van der Waals surface area contributed by atoms with Gasteiger partial charge in [-0.2, -0.15) is 5.26 Å². The molecule has 0 saturated carbocycles. The molecule has 1 aliphatic heterocycles. The first-order valence-electron chi connectivity index (χ1n) is 9.24. The number of nitrogens with zero attached hydrogens (tertiary/aromatic N) is 4. The normalized spacial score (nSPS) is 20.8. The third-order valence-corrected chi connectivity index (χ3v) is 5.21. The van der Waals surface area contributed by atoms with Crippen LogP contribution >= 0.6 is 0 Å². The maximum atomic E-state index is 13.0. The second-order valence-electron chi connectivity index (χ2n) is 7.96. The molecule has 29 heavy (non-hydrogen) atoms. The second-order valence-corrected chi connectivity index (χ2v) is 7.96. The number of ketones is 1. The molecule has 1 unspecified atom stereocenters. The van der Waals surface area contributed by atoms with Crippen molar-refractivity contribution in [3.05, 3.63) is 58.9 Å². The monoisotopic (exact) mass is 391 g/mol. The fourth-order valence-electron chi connectivity index (χ4n) is 3.93. The topological polar surface area (TPSA) is 116 Å². The third kappa shape index (κ3) is 3.14. The molecule has 0 spiro atoms. The van der Waals surface area contributed by atoms with Crippen LogP contribution in [0.15, 0.2) is 53.3 Å². The Kier molecular flexibility index (Phi) is 4.38. The average Bonchev–Trinajstić information content (AvgIpc) is 3.15. The van der Waals surface area contributed by atoms with Crippen molar-refractivity contribution in [3.63, 3.8) is 0 Å². The fraction of sp³-hybridized carbons (Fsp3) is 0.333. The van der Waals surface area contributed by atoms with Crippen LogP contribution in [0.25, 0.3) is 5.69 Å². The van der Waals surface area contributed by atoms with E-state index >= 15 is 0 Å². The number of benzene rings is 1. The van der Waals surface area contributed by atoms with Crippen LogP contribution < -0.4 is 10.5 Å². The summed E-state index contributed by atoms with van der Waals surface area (Å²) in [5.74, 6) is 0.388. The lowest BCUT2D eigenvalue weighted by molar-refractivity contribution is -0.119. The van der Waals surface area contributed by atoms with E-state index in [1.54, 1.807) is 18.0 Å². The molecular formula is C21H21N5O3. The van der Waals surface area contributed by atoms with E-state index < -0.39 is 5.92 Å². The van der Waals surface area contributed by atoms with Crippen molar-refractivity contribution in [2.45, 2.75) is 32.6 Å². The molecule has 0 bridgehead atoms. The first-order chi connectivity index (χ1) is 13.8. The Balaban J connectivity index is 1.83. The van der Waals surface area contributed by atoms with Gasteiger partial charge in [-0.15, -0.1) is 5.10 Å². The highest BCUT2D eigenvalue weighted by Crippen LogP contribution is 2.47. The van der Waals surface area contributed by atoms with Crippen molar-refractivity contribution in [3.8, 4) is 17.5 Å². The third-order valence-electron chi connectivity index (χ3n) is 5.21. The SMILES string of the molecule is COc1ccccc1-n1cc(C2C(C#N)=C(N)OC3=C2C(=O)CC(C)(C)C3)nn1. The van der Waals surface area contributed by atoms with E-state index in [4.69, 9.17) is 15.2 Å². The molecule has 1 atom stereocenters. The van der Waals surface area contributed by atoms with Crippen LogP contribution in [0.4, 0.5) is 0 Å². The molecule has 2 aliphatic rings. The molecule has 148 valence electrons. The highest BCUT2D eigenvalue weighted by atomic mass is 16.5. The van der Waals surface area contributed by atoms with Gasteiger partial charge in [0, 0.05) is 18.4 Å². The summed E-state index contributed by atoms with van der Waals surface area (Å²) in [6, 6.07) is 9.47. The Morgan fingerprint density at radius 1 is 1.34 bits per heavy atom. The summed E-state index contributed by atoms with van der Waals surface area (Å²) in [6.07, 6.45) is 2.62. The number of carbonyl (C=O) groups excluding carboxylic acids is 1. The summed E-state index contributed by atoms with van der Waals surface area (Å²) in [5.41, 5.74) is 7.57. The molecule has 2 heterocycles. The van der Waals surface area contributed by atoms with Crippen LogP contribution in [0.2, 0.25) is 0 Å². The fourth-order valence-corrected chi connectivity index (χ4v) is 3.93. The zero-order valence-electron chi connectivity index (χ0n) is 16.5. The standard InChI is InChI=1S/C21H21N5O3/c1-21(2)8-15(27)19-17(9-21)29-20(23)12(10-22)18(19)13-11-26(25-24-13)14-6-4-5-7-16(14)28-3/h4-7,11,18H,8-9,23H2,1-3H3. The average molecular weight is 391 g/mol. The van der Waals surface area contributed by atoms with Gasteiger partial charge >= 0.3 is 0 Å². The maximum Gasteiger partial charge on any atom is 0.205 e. The van der Waals surface area contributed by atoms with E-state index in [-0.39, 0.29) is 22.7 Å². The lowest BCUT2D eigenvalue weighted by Gasteiger charge is -2.36. The Morgan fingerprint density at radius 3 is 2.83 bits per heavy atom. The van der Waals surface area contributed by atoms with Gasteiger partial charge < -0.3 is 15.2 Å². The van der Waals surface area contributed by atoms with Gasteiger partial charge in [-0.25, -0.2) is 4.68 Å². The molecule has 1 aromatic carbocycles. The van der Waals surface area contributed by atoms with Crippen LogP contribution in [-0.2, 0) is 9.53 Å². The van der Waals surface area contributed by atoms with E-state index in [0.29, 0.717) is 41.3 Å². The molecule has 0 saturated heterocycles. The molecule has 0 amide bonds. The van der Waals surface area contributed by atoms with Crippen molar-refractivity contribution in [1.29, 1.82) is 5.26 Å². The minimum absolute atomic E-state index is 0.00796. The molecule has 0 fully saturated rings. The van der Waals surface area contributed by atoms with Crippen LogP contribution in [0.5, 0.6) is 5.75 Å². The first kappa shape index (κ1) is 18.7. The van der Waals surface area contributed by atoms with Gasteiger partial charge in [0.2, 0.25) is 5.88 Å². The quantitative estimate of drug-likeness (QED) is 0.855. The molecule has 1 aliphatic carbocycles. The number of ether oxygens (including phenoxy) is 2. The molecule has 2 aromatic rings. The van der Waals surface area contributed by atoms with Gasteiger partial charge in [-0.05, 0) is 17.5 Å². The van der Waals surface area contributed by atoms with E-state index in [1.807, 2.05) is 38.1 Å². The first-order valence-corrected chi connectivity index (χ1v) is 9.24.